The predicted molar refractivity (Wildman–Crippen MR) is 129 cm³/mol. The molecule has 0 bridgehead atoms. The van der Waals surface area contributed by atoms with Crippen molar-refractivity contribution in [2.24, 2.45) is 10.7 Å². The first kappa shape index (κ1) is 21.8. The van der Waals surface area contributed by atoms with Crippen LogP contribution in [0.1, 0.15) is 55.5 Å². The number of carbonyl (C=O) groups excluding carboxylic acids is 2. The zero-order valence-corrected chi connectivity index (χ0v) is 18.7. The predicted octanol–water partition coefficient (Wildman–Crippen LogP) is 4.28. The third-order valence-electron chi connectivity index (χ3n) is 5.76. The second-order valence-corrected chi connectivity index (χ2v) is 8.83. The van der Waals surface area contributed by atoms with Crippen molar-refractivity contribution < 1.29 is 9.59 Å². The van der Waals surface area contributed by atoms with Crippen molar-refractivity contribution in [3.63, 3.8) is 0 Å². The van der Waals surface area contributed by atoms with Crippen LogP contribution in [0, 0.1) is 0 Å². The number of benzene rings is 2. The van der Waals surface area contributed by atoms with Crippen molar-refractivity contribution in [1.82, 2.24) is 10.2 Å². The maximum atomic E-state index is 12.6. The average molecular weight is 431 g/mol. The van der Waals surface area contributed by atoms with E-state index in [9.17, 15) is 9.59 Å². The number of rotatable bonds is 5. The molecule has 6 heteroatoms. The van der Waals surface area contributed by atoms with E-state index in [1.807, 2.05) is 61.2 Å². The monoisotopic (exact) mass is 430 g/mol. The normalized spacial score (nSPS) is 15.7. The molecule has 0 unspecified atom stereocenters. The number of fused-ring (bicyclic) bond motifs is 1. The minimum Gasteiger partial charge on any atom is -0.387 e. The first-order valence-electron chi connectivity index (χ1n) is 11.2. The highest BCUT2D eigenvalue weighted by Crippen LogP contribution is 2.32. The number of nitrogens with zero attached hydrogens (tertiary/aromatic N) is 2. The van der Waals surface area contributed by atoms with Crippen LogP contribution in [0.15, 0.2) is 53.0 Å². The van der Waals surface area contributed by atoms with Gasteiger partial charge >= 0.3 is 0 Å². The second-order valence-electron chi connectivity index (χ2n) is 8.83. The van der Waals surface area contributed by atoms with Gasteiger partial charge in [0.2, 0.25) is 5.91 Å². The minimum absolute atomic E-state index is 0.0167. The standard InChI is InChI=1S/C26H30N4O2/c1-17(2)28-25(31)15-18-13-22-16-21(9-10-23(22)29-24(27)14-18)19-5-7-20(8-6-19)26(32)30-11-3-4-12-30/h5-10,13,16-17H,3-4,11-12,14-15H2,1-2H3,(H2,27,29)(H,28,31). The molecule has 166 valence electrons. The van der Waals surface area contributed by atoms with Crippen LogP contribution in [-0.2, 0) is 4.79 Å². The molecule has 2 heterocycles. The van der Waals surface area contributed by atoms with Crippen molar-refractivity contribution in [1.29, 1.82) is 0 Å². The number of amides is 2. The number of likely N-dealkylation sites (tertiary alicyclic amines) is 1. The Balaban J connectivity index is 1.58. The molecule has 4 rings (SSSR count). The highest BCUT2D eigenvalue weighted by molar-refractivity contribution is 5.95. The summed E-state index contributed by atoms with van der Waals surface area (Å²) >= 11 is 0. The molecule has 6 nitrogen and oxygen atoms in total. The number of hydrogen-bond donors (Lipinski definition) is 2. The van der Waals surface area contributed by atoms with E-state index >= 15 is 0 Å². The fourth-order valence-corrected chi connectivity index (χ4v) is 4.25. The van der Waals surface area contributed by atoms with Gasteiger partial charge in [0.25, 0.3) is 5.91 Å². The number of amidine groups is 1. The molecule has 2 aromatic carbocycles. The fourth-order valence-electron chi connectivity index (χ4n) is 4.25. The number of nitrogens with one attached hydrogen (secondary N) is 1. The van der Waals surface area contributed by atoms with Crippen LogP contribution in [0.4, 0.5) is 5.69 Å². The third-order valence-corrected chi connectivity index (χ3v) is 5.76. The van der Waals surface area contributed by atoms with Crippen LogP contribution in [-0.4, -0.2) is 41.7 Å². The zero-order valence-electron chi connectivity index (χ0n) is 18.7. The Morgan fingerprint density at radius 3 is 2.44 bits per heavy atom. The lowest BCUT2D eigenvalue weighted by molar-refractivity contribution is -0.120. The van der Waals surface area contributed by atoms with Crippen LogP contribution >= 0.6 is 0 Å². The lowest BCUT2D eigenvalue weighted by Crippen LogP contribution is -2.30. The molecule has 2 aliphatic heterocycles. The van der Waals surface area contributed by atoms with Gasteiger partial charge in [0.1, 0.15) is 5.84 Å². The lowest BCUT2D eigenvalue weighted by Gasteiger charge is -2.15. The van der Waals surface area contributed by atoms with E-state index in [0.717, 1.165) is 59.4 Å². The average Bonchev–Trinajstić information content (AvgIpc) is 3.23. The molecule has 0 atom stereocenters. The Labute approximate surface area is 189 Å². The van der Waals surface area contributed by atoms with Crippen LogP contribution in [0.3, 0.4) is 0 Å². The summed E-state index contributed by atoms with van der Waals surface area (Å²) in [4.78, 5) is 31.3. The Hall–Kier alpha value is -3.41. The number of hydrogen-bond acceptors (Lipinski definition) is 4. The molecule has 1 fully saturated rings. The fraction of sp³-hybridized carbons (Fsp3) is 0.346. The van der Waals surface area contributed by atoms with Crippen molar-refractivity contribution in [2.45, 2.75) is 45.6 Å². The van der Waals surface area contributed by atoms with Gasteiger partial charge in [0, 0.05) is 43.1 Å². The van der Waals surface area contributed by atoms with Crippen molar-refractivity contribution >= 4 is 29.4 Å². The molecule has 0 saturated carbocycles. The Morgan fingerprint density at radius 1 is 1.06 bits per heavy atom. The molecular formula is C26H30N4O2. The highest BCUT2D eigenvalue weighted by Gasteiger charge is 2.19. The Morgan fingerprint density at radius 2 is 1.75 bits per heavy atom. The summed E-state index contributed by atoms with van der Waals surface area (Å²) in [5.74, 6) is 0.592. The maximum Gasteiger partial charge on any atom is 0.253 e. The molecule has 0 spiro atoms. The van der Waals surface area contributed by atoms with Crippen LogP contribution < -0.4 is 11.1 Å². The number of nitrogens with two attached hydrogens (primary N) is 1. The van der Waals surface area contributed by atoms with Gasteiger partial charge in [0.05, 0.1) is 5.69 Å². The smallest absolute Gasteiger partial charge is 0.253 e. The number of carbonyl (C=O) groups is 2. The van der Waals surface area contributed by atoms with E-state index in [4.69, 9.17) is 5.73 Å². The molecule has 0 aromatic heterocycles. The molecule has 2 aromatic rings. The second kappa shape index (κ2) is 9.39. The summed E-state index contributed by atoms with van der Waals surface area (Å²) in [6.07, 6.45) is 4.96. The summed E-state index contributed by atoms with van der Waals surface area (Å²) in [6, 6.07) is 13.9. The quantitative estimate of drug-likeness (QED) is 0.742. The largest absolute Gasteiger partial charge is 0.387 e. The van der Waals surface area contributed by atoms with Gasteiger partial charge < -0.3 is 16.0 Å². The summed E-state index contributed by atoms with van der Waals surface area (Å²) in [5, 5.41) is 2.93. The van der Waals surface area contributed by atoms with Gasteiger partial charge in [-0.3, -0.25) is 9.59 Å². The van der Waals surface area contributed by atoms with Crippen LogP contribution in [0.25, 0.3) is 17.2 Å². The SMILES string of the molecule is CC(C)NC(=O)CC1=Cc2cc(-c3ccc(C(=O)N4CCCC4)cc3)ccc2N=C(N)C1. The minimum atomic E-state index is -0.0167. The molecule has 2 aliphatic rings. The van der Waals surface area contributed by atoms with Crippen molar-refractivity contribution in [2.75, 3.05) is 13.1 Å². The molecule has 0 aliphatic carbocycles. The van der Waals surface area contributed by atoms with E-state index < -0.39 is 0 Å². The van der Waals surface area contributed by atoms with Crippen LogP contribution in [0.5, 0.6) is 0 Å². The highest BCUT2D eigenvalue weighted by atomic mass is 16.2. The summed E-state index contributed by atoms with van der Waals surface area (Å²) in [6.45, 7) is 5.58. The van der Waals surface area contributed by atoms with Gasteiger partial charge in [0.15, 0.2) is 0 Å². The topological polar surface area (TPSA) is 87.8 Å². The summed E-state index contributed by atoms with van der Waals surface area (Å²) < 4.78 is 0. The van der Waals surface area contributed by atoms with Gasteiger partial charge in [-0.25, -0.2) is 4.99 Å². The van der Waals surface area contributed by atoms with Gasteiger partial charge in [-0.15, -0.1) is 0 Å². The summed E-state index contributed by atoms with van der Waals surface area (Å²) in [5.41, 5.74) is 11.6. The summed E-state index contributed by atoms with van der Waals surface area (Å²) in [7, 11) is 0. The first-order chi connectivity index (χ1) is 15.4. The first-order valence-corrected chi connectivity index (χ1v) is 11.2. The van der Waals surface area contributed by atoms with Gasteiger partial charge in [-0.1, -0.05) is 29.8 Å². The molecule has 1 saturated heterocycles. The molecule has 2 amide bonds. The zero-order chi connectivity index (χ0) is 22.7. The Kier molecular flexibility index (Phi) is 6.40. The molecule has 0 radical (unpaired) electrons. The maximum absolute atomic E-state index is 12.6. The molecule has 32 heavy (non-hydrogen) atoms. The molecule has 3 N–H and O–H groups in total. The van der Waals surface area contributed by atoms with Crippen molar-refractivity contribution in [3.05, 3.63) is 59.2 Å². The lowest BCUT2D eigenvalue weighted by atomic mass is 9.98. The van der Waals surface area contributed by atoms with Crippen molar-refractivity contribution in [3.8, 4) is 11.1 Å². The Bertz CT molecular complexity index is 1080. The van der Waals surface area contributed by atoms with E-state index in [1.54, 1.807) is 0 Å². The van der Waals surface area contributed by atoms with E-state index in [2.05, 4.69) is 16.4 Å². The van der Waals surface area contributed by atoms with E-state index in [0.29, 0.717) is 18.7 Å². The van der Waals surface area contributed by atoms with E-state index in [1.165, 1.54) is 0 Å². The van der Waals surface area contributed by atoms with Gasteiger partial charge in [-0.05, 0) is 62.1 Å². The molecular weight excluding hydrogens is 400 g/mol. The van der Waals surface area contributed by atoms with E-state index in [-0.39, 0.29) is 17.9 Å². The number of aliphatic imine (C=N–C) groups is 1. The third kappa shape index (κ3) is 5.07. The van der Waals surface area contributed by atoms with Crippen LogP contribution in [0.2, 0.25) is 0 Å². The van der Waals surface area contributed by atoms with Gasteiger partial charge in [-0.2, -0.15) is 0 Å².